The molecule has 0 saturated carbocycles. The maximum atomic E-state index is 9.21. The van der Waals surface area contributed by atoms with Gasteiger partial charge in [0, 0.05) is 37.6 Å². The van der Waals surface area contributed by atoms with Crippen LogP contribution >= 0.6 is 15.9 Å². The summed E-state index contributed by atoms with van der Waals surface area (Å²) in [5.74, 6) is 1.77. The molecule has 9 rings (SSSR count). The summed E-state index contributed by atoms with van der Waals surface area (Å²) in [6.07, 6.45) is 0. The summed E-state index contributed by atoms with van der Waals surface area (Å²) in [5, 5.41) is 13.9. The van der Waals surface area contributed by atoms with Crippen molar-refractivity contribution >= 4 is 48.5 Å². The van der Waals surface area contributed by atoms with E-state index in [1.807, 2.05) is 48.5 Å². The molecule has 0 atom stereocenters. The van der Waals surface area contributed by atoms with Crippen molar-refractivity contribution in [2.45, 2.75) is 0 Å². The summed E-state index contributed by atoms with van der Waals surface area (Å²) in [6.45, 7) is 0. The van der Waals surface area contributed by atoms with Crippen LogP contribution in [-0.2, 0) is 0 Å². The highest BCUT2D eigenvalue weighted by molar-refractivity contribution is 9.10. The van der Waals surface area contributed by atoms with Gasteiger partial charge in [-0.2, -0.15) is 5.26 Å². The average molecular weight is 705 g/mol. The van der Waals surface area contributed by atoms with Crippen molar-refractivity contribution in [3.63, 3.8) is 0 Å². The Balaban J connectivity index is 1.21. The quantitative estimate of drug-likeness (QED) is 0.179. The highest BCUT2D eigenvalue weighted by Gasteiger charge is 2.17. The molecule has 0 bridgehead atoms. The number of fused-ring (bicyclic) bond motifs is 4. The Morgan fingerprint density at radius 1 is 0.460 bits per heavy atom. The normalized spacial score (nSPS) is 11.3. The van der Waals surface area contributed by atoms with E-state index in [1.165, 1.54) is 10.8 Å². The molecule has 0 saturated heterocycles. The minimum Gasteiger partial charge on any atom is -0.309 e. The van der Waals surface area contributed by atoms with Crippen molar-refractivity contribution in [1.29, 1.82) is 5.26 Å². The minimum atomic E-state index is 0.581. The average Bonchev–Trinajstić information content (AvgIpc) is 3.52. The molecule has 6 heteroatoms. The SMILES string of the molecule is N#Cc1ccc(-c2ccc(-c3nc(-c4cc(Br)cc(-n5c6ccccc6c6ccccc65)c4)nc(-c4ccc5ccccc5c4)n3)cc2)cc1. The first-order valence-electron chi connectivity index (χ1n) is 16.3. The Kier molecular flexibility index (Phi) is 7.27. The van der Waals surface area contributed by atoms with Crippen LogP contribution in [0.4, 0.5) is 0 Å². The van der Waals surface area contributed by atoms with E-state index in [0.717, 1.165) is 59.8 Å². The fourth-order valence-corrected chi connectivity index (χ4v) is 7.15. The predicted molar refractivity (Wildman–Crippen MR) is 206 cm³/mol. The second-order valence-electron chi connectivity index (χ2n) is 12.2. The first kappa shape index (κ1) is 29.7. The fraction of sp³-hybridized carbons (Fsp3) is 0. The number of benzene rings is 7. The summed E-state index contributed by atoms with van der Waals surface area (Å²) in [5.41, 5.74) is 8.66. The number of aromatic nitrogens is 4. The lowest BCUT2D eigenvalue weighted by Gasteiger charge is -2.13. The van der Waals surface area contributed by atoms with Crippen molar-refractivity contribution in [2.24, 2.45) is 0 Å². The number of nitrogens with zero attached hydrogens (tertiary/aromatic N) is 5. The summed E-state index contributed by atoms with van der Waals surface area (Å²) in [4.78, 5) is 15.2. The summed E-state index contributed by atoms with van der Waals surface area (Å²) in [7, 11) is 0. The topological polar surface area (TPSA) is 67.4 Å². The fourth-order valence-electron chi connectivity index (χ4n) is 6.67. The van der Waals surface area contributed by atoms with Crippen LogP contribution in [0.25, 0.3) is 83.6 Å². The first-order chi connectivity index (χ1) is 24.6. The standard InChI is InChI=1S/C44H26BrN5/c45-36-24-35(25-37(26-36)50-40-11-5-3-9-38(40)39-10-4-6-12-41(39)50)44-48-42(32-20-17-31(18-21-32)30-15-13-28(27-46)14-16-30)47-43(49-44)34-22-19-29-7-1-2-8-33(29)23-34/h1-26H. The Morgan fingerprint density at radius 3 is 1.64 bits per heavy atom. The van der Waals surface area contributed by atoms with Gasteiger partial charge in [0.2, 0.25) is 0 Å². The predicted octanol–water partition coefficient (Wildman–Crippen LogP) is 11.4. The number of para-hydroxylation sites is 2. The molecule has 9 aromatic rings. The van der Waals surface area contributed by atoms with Crippen LogP contribution in [0.1, 0.15) is 5.56 Å². The van der Waals surface area contributed by atoms with Crippen molar-refractivity contribution < 1.29 is 0 Å². The van der Waals surface area contributed by atoms with Crippen LogP contribution < -0.4 is 0 Å². The molecule has 0 fully saturated rings. The second-order valence-corrected chi connectivity index (χ2v) is 13.1. The Labute approximate surface area is 296 Å². The second kappa shape index (κ2) is 12.2. The van der Waals surface area contributed by atoms with Crippen LogP contribution in [-0.4, -0.2) is 19.5 Å². The van der Waals surface area contributed by atoms with Crippen LogP contribution in [0.3, 0.4) is 0 Å². The van der Waals surface area contributed by atoms with Crippen molar-refractivity contribution in [3.8, 4) is 57.0 Å². The van der Waals surface area contributed by atoms with Crippen LogP contribution in [0, 0.1) is 11.3 Å². The van der Waals surface area contributed by atoms with E-state index in [0.29, 0.717) is 23.0 Å². The maximum Gasteiger partial charge on any atom is 0.164 e. The smallest absolute Gasteiger partial charge is 0.164 e. The number of nitriles is 1. The Bertz CT molecular complexity index is 2720. The molecule has 2 aromatic heterocycles. The summed E-state index contributed by atoms with van der Waals surface area (Å²) < 4.78 is 3.22. The molecule has 0 spiro atoms. The molecule has 0 aliphatic heterocycles. The maximum absolute atomic E-state index is 9.21. The van der Waals surface area contributed by atoms with Crippen LogP contribution in [0.2, 0.25) is 0 Å². The summed E-state index contributed by atoms with van der Waals surface area (Å²) in [6, 6.07) is 56.0. The van der Waals surface area contributed by atoms with Gasteiger partial charge in [0.15, 0.2) is 17.5 Å². The molecule has 7 aromatic carbocycles. The third-order valence-electron chi connectivity index (χ3n) is 9.11. The van der Waals surface area contributed by atoms with Gasteiger partial charge in [-0.1, -0.05) is 125 Å². The van der Waals surface area contributed by atoms with E-state index in [-0.39, 0.29) is 0 Å². The van der Waals surface area contributed by atoms with Crippen LogP contribution in [0.5, 0.6) is 0 Å². The molecule has 0 unspecified atom stereocenters. The van der Waals surface area contributed by atoms with Crippen molar-refractivity contribution in [3.05, 3.63) is 168 Å². The largest absolute Gasteiger partial charge is 0.309 e. The van der Waals surface area contributed by atoms with Crippen LogP contribution in [0.15, 0.2) is 162 Å². The molecule has 0 aliphatic carbocycles. The zero-order chi connectivity index (χ0) is 33.6. The van der Waals surface area contributed by atoms with Gasteiger partial charge in [-0.15, -0.1) is 0 Å². The van der Waals surface area contributed by atoms with Gasteiger partial charge in [-0.05, 0) is 70.4 Å². The van der Waals surface area contributed by atoms with Gasteiger partial charge in [-0.3, -0.25) is 0 Å². The minimum absolute atomic E-state index is 0.581. The van der Waals surface area contributed by atoms with E-state index in [2.05, 4.69) is 136 Å². The molecule has 0 aliphatic rings. The first-order valence-corrected chi connectivity index (χ1v) is 17.1. The monoisotopic (exact) mass is 703 g/mol. The lowest BCUT2D eigenvalue weighted by Crippen LogP contribution is -2.01. The zero-order valence-corrected chi connectivity index (χ0v) is 28.2. The van der Waals surface area contributed by atoms with Gasteiger partial charge >= 0.3 is 0 Å². The molecule has 50 heavy (non-hydrogen) atoms. The highest BCUT2D eigenvalue weighted by Crippen LogP contribution is 2.35. The third kappa shape index (κ3) is 5.31. The highest BCUT2D eigenvalue weighted by atomic mass is 79.9. The van der Waals surface area contributed by atoms with E-state index in [1.54, 1.807) is 0 Å². The molecule has 234 valence electrons. The Morgan fingerprint density at radius 2 is 0.980 bits per heavy atom. The summed E-state index contributed by atoms with van der Waals surface area (Å²) >= 11 is 3.81. The molecule has 5 nitrogen and oxygen atoms in total. The molecule has 0 N–H and O–H groups in total. The van der Waals surface area contributed by atoms with Gasteiger partial charge in [0.05, 0.1) is 22.7 Å². The lowest BCUT2D eigenvalue weighted by atomic mass is 10.0. The number of hydrogen-bond acceptors (Lipinski definition) is 4. The van der Waals surface area contributed by atoms with Gasteiger partial charge in [0.1, 0.15) is 0 Å². The third-order valence-corrected chi connectivity index (χ3v) is 9.57. The Hall–Kier alpha value is -6.42. The van der Waals surface area contributed by atoms with E-state index in [4.69, 9.17) is 15.0 Å². The van der Waals surface area contributed by atoms with Gasteiger partial charge in [0.25, 0.3) is 0 Å². The van der Waals surface area contributed by atoms with E-state index < -0.39 is 0 Å². The molecular weight excluding hydrogens is 678 g/mol. The number of hydrogen-bond donors (Lipinski definition) is 0. The molecule has 2 heterocycles. The number of rotatable bonds is 5. The van der Waals surface area contributed by atoms with Gasteiger partial charge < -0.3 is 4.57 Å². The molecule has 0 radical (unpaired) electrons. The van der Waals surface area contributed by atoms with E-state index >= 15 is 0 Å². The zero-order valence-electron chi connectivity index (χ0n) is 26.6. The van der Waals surface area contributed by atoms with Crippen molar-refractivity contribution in [1.82, 2.24) is 19.5 Å². The van der Waals surface area contributed by atoms with Crippen molar-refractivity contribution in [2.75, 3.05) is 0 Å². The van der Waals surface area contributed by atoms with Gasteiger partial charge in [-0.25, -0.2) is 15.0 Å². The lowest BCUT2D eigenvalue weighted by molar-refractivity contribution is 1.07. The molecular formula is C44H26BrN5. The van der Waals surface area contributed by atoms with E-state index in [9.17, 15) is 5.26 Å². The molecule has 0 amide bonds. The number of halogens is 1.